The first-order valence-corrected chi connectivity index (χ1v) is 7.15. The van der Waals surface area contributed by atoms with Gasteiger partial charge in [-0.15, -0.1) is 0 Å². The van der Waals surface area contributed by atoms with Crippen molar-refractivity contribution in [1.29, 1.82) is 0 Å². The van der Waals surface area contributed by atoms with Crippen LogP contribution in [0.15, 0.2) is 48.5 Å². The lowest BCUT2D eigenvalue weighted by atomic mass is 9.75. The van der Waals surface area contributed by atoms with E-state index in [9.17, 15) is 10.1 Å². The minimum Gasteiger partial charge on any atom is -0.324 e. The van der Waals surface area contributed by atoms with Gasteiger partial charge in [0.25, 0.3) is 5.69 Å². The monoisotopic (exact) mass is 282 g/mol. The number of benzene rings is 2. The van der Waals surface area contributed by atoms with Gasteiger partial charge in [0.05, 0.1) is 4.92 Å². The highest BCUT2D eigenvalue weighted by Gasteiger charge is 2.32. The quantitative estimate of drug-likeness (QED) is 0.695. The highest BCUT2D eigenvalue weighted by atomic mass is 16.6. The summed E-state index contributed by atoms with van der Waals surface area (Å²) in [4.78, 5) is 10.8. The predicted octanol–water partition coefficient (Wildman–Crippen LogP) is 3.02. The molecule has 0 heterocycles. The molecule has 4 nitrogen and oxygen atoms in total. The second kappa shape index (κ2) is 5.30. The molecule has 3 rings (SSSR count). The lowest BCUT2D eigenvalue weighted by Crippen LogP contribution is -2.47. The second-order valence-electron chi connectivity index (χ2n) is 5.87. The molecule has 0 spiro atoms. The van der Waals surface area contributed by atoms with Gasteiger partial charge in [0.15, 0.2) is 0 Å². The van der Waals surface area contributed by atoms with Crippen molar-refractivity contribution in [1.82, 2.24) is 0 Å². The van der Waals surface area contributed by atoms with Crippen LogP contribution in [0.25, 0.3) is 0 Å². The maximum Gasteiger partial charge on any atom is 0.272 e. The molecule has 0 saturated heterocycles. The molecule has 2 N–H and O–H groups in total. The fourth-order valence-corrected chi connectivity index (χ4v) is 3.19. The number of nitro groups is 1. The SMILES string of the molecule is NC1(Cc2ccccc2[N+](=O)[O-])CCc2ccccc2C1. The molecule has 4 heteroatoms. The third-order valence-corrected chi connectivity index (χ3v) is 4.28. The highest BCUT2D eigenvalue weighted by molar-refractivity contribution is 5.42. The fraction of sp³-hybridized carbons (Fsp3) is 0.294. The van der Waals surface area contributed by atoms with Crippen molar-refractivity contribution >= 4 is 5.69 Å². The average molecular weight is 282 g/mol. The van der Waals surface area contributed by atoms with E-state index in [1.807, 2.05) is 24.3 Å². The lowest BCUT2D eigenvalue weighted by molar-refractivity contribution is -0.385. The Labute approximate surface area is 123 Å². The zero-order valence-electron chi connectivity index (χ0n) is 11.8. The summed E-state index contributed by atoms with van der Waals surface area (Å²) < 4.78 is 0. The Morgan fingerprint density at radius 1 is 1.10 bits per heavy atom. The van der Waals surface area contributed by atoms with E-state index >= 15 is 0 Å². The molecule has 2 aromatic carbocycles. The highest BCUT2D eigenvalue weighted by Crippen LogP contribution is 2.31. The summed E-state index contributed by atoms with van der Waals surface area (Å²) in [6.07, 6.45) is 3.11. The number of hydrogen-bond donors (Lipinski definition) is 1. The fourth-order valence-electron chi connectivity index (χ4n) is 3.19. The van der Waals surface area contributed by atoms with Crippen molar-refractivity contribution in [2.24, 2.45) is 5.73 Å². The molecule has 108 valence electrons. The molecule has 0 aromatic heterocycles. The van der Waals surface area contributed by atoms with E-state index in [-0.39, 0.29) is 10.6 Å². The van der Waals surface area contributed by atoms with E-state index in [0.29, 0.717) is 6.42 Å². The van der Waals surface area contributed by atoms with Crippen molar-refractivity contribution in [3.8, 4) is 0 Å². The van der Waals surface area contributed by atoms with Crippen molar-refractivity contribution in [2.45, 2.75) is 31.2 Å². The predicted molar refractivity (Wildman–Crippen MR) is 82.2 cm³/mol. The molecule has 0 radical (unpaired) electrons. The van der Waals surface area contributed by atoms with Crippen LogP contribution in [0.5, 0.6) is 0 Å². The van der Waals surface area contributed by atoms with E-state index in [4.69, 9.17) is 5.73 Å². The molecule has 0 fully saturated rings. The zero-order chi connectivity index (χ0) is 14.9. The number of nitrogens with zero attached hydrogens (tertiary/aromatic N) is 1. The summed E-state index contributed by atoms with van der Waals surface area (Å²) in [5.41, 5.74) is 9.66. The van der Waals surface area contributed by atoms with E-state index in [2.05, 4.69) is 12.1 Å². The Hall–Kier alpha value is -2.20. The number of hydrogen-bond acceptors (Lipinski definition) is 3. The minimum absolute atomic E-state index is 0.168. The van der Waals surface area contributed by atoms with Crippen molar-refractivity contribution in [3.63, 3.8) is 0 Å². The van der Waals surface area contributed by atoms with Crippen LogP contribution in [0.3, 0.4) is 0 Å². The molecule has 1 atom stereocenters. The van der Waals surface area contributed by atoms with E-state index in [1.165, 1.54) is 11.1 Å². The van der Waals surface area contributed by atoms with Gasteiger partial charge in [-0.25, -0.2) is 0 Å². The lowest BCUT2D eigenvalue weighted by Gasteiger charge is -2.34. The van der Waals surface area contributed by atoms with Crippen molar-refractivity contribution in [2.75, 3.05) is 0 Å². The molecule has 1 unspecified atom stereocenters. The van der Waals surface area contributed by atoms with Crippen molar-refractivity contribution < 1.29 is 4.92 Å². The summed E-state index contributed by atoms with van der Waals surface area (Å²) in [6.45, 7) is 0. The second-order valence-corrected chi connectivity index (χ2v) is 5.87. The van der Waals surface area contributed by atoms with Crippen molar-refractivity contribution in [3.05, 3.63) is 75.3 Å². The van der Waals surface area contributed by atoms with Crippen LogP contribution in [0.1, 0.15) is 23.1 Å². The largest absolute Gasteiger partial charge is 0.324 e. The smallest absolute Gasteiger partial charge is 0.272 e. The number of fused-ring (bicyclic) bond motifs is 1. The standard InChI is InChI=1S/C17H18N2O2/c18-17(10-9-13-5-1-2-6-14(13)11-17)12-15-7-3-4-8-16(15)19(20)21/h1-8H,9-12,18H2. The topological polar surface area (TPSA) is 69.2 Å². The minimum atomic E-state index is -0.402. The number of para-hydroxylation sites is 1. The van der Waals surface area contributed by atoms with E-state index < -0.39 is 5.54 Å². The van der Waals surface area contributed by atoms with Gasteiger partial charge >= 0.3 is 0 Å². The van der Waals surface area contributed by atoms with E-state index in [0.717, 1.165) is 24.8 Å². The van der Waals surface area contributed by atoms with Gasteiger partial charge in [-0.05, 0) is 36.8 Å². The number of aryl methyl sites for hydroxylation is 1. The van der Waals surface area contributed by atoms with Crippen LogP contribution in [0.4, 0.5) is 5.69 Å². The molecular weight excluding hydrogens is 264 g/mol. The number of nitrogens with two attached hydrogens (primary N) is 1. The first kappa shape index (κ1) is 13.8. The number of nitro benzene ring substituents is 1. The average Bonchev–Trinajstić information content (AvgIpc) is 2.47. The van der Waals surface area contributed by atoms with Crippen LogP contribution in [0.2, 0.25) is 0 Å². The number of rotatable bonds is 3. The molecule has 1 aliphatic carbocycles. The maximum absolute atomic E-state index is 11.1. The maximum atomic E-state index is 11.1. The Bertz CT molecular complexity index is 684. The molecule has 21 heavy (non-hydrogen) atoms. The molecule has 0 bridgehead atoms. The normalized spacial score (nSPS) is 20.8. The van der Waals surface area contributed by atoms with Crippen LogP contribution in [-0.4, -0.2) is 10.5 Å². The summed E-state index contributed by atoms with van der Waals surface area (Å²) in [6, 6.07) is 15.2. The molecular formula is C17H18N2O2. The van der Waals surface area contributed by atoms with Gasteiger partial charge in [0.2, 0.25) is 0 Å². The molecule has 1 aliphatic rings. The Kier molecular flexibility index (Phi) is 3.47. The van der Waals surface area contributed by atoms with Crippen LogP contribution in [0, 0.1) is 10.1 Å². The molecule has 2 aromatic rings. The van der Waals surface area contributed by atoms with Gasteiger partial charge in [-0.2, -0.15) is 0 Å². The first-order chi connectivity index (χ1) is 10.1. The molecule has 0 saturated carbocycles. The van der Waals surface area contributed by atoms with Gasteiger partial charge in [-0.1, -0.05) is 42.5 Å². The Balaban J connectivity index is 1.87. The van der Waals surface area contributed by atoms with Gasteiger partial charge in [-0.3, -0.25) is 10.1 Å². The molecule has 0 amide bonds. The summed E-state index contributed by atoms with van der Waals surface area (Å²) in [5, 5.41) is 11.1. The summed E-state index contributed by atoms with van der Waals surface area (Å²) in [5.74, 6) is 0. The third-order valence-electron chi connectivity index (χ3n) is 4.28. The zero-order valence-corrected chi connectivity index (χ0v) is 11.8. The summed E-state index contributed by atoms with van der Waals surface area (Å²) >= 11 is 0. The molecule has 0 aliphatic heterocycles. The third kappa shape index (κ3) is 2.81. The Morgan fingerprint density at radius 3 is 2.52 bits per heavy atom. The van der Waals surface area contributed by atoms with Gasteiger partial charge in [0, 0.05) is 17.2 Å². The van der Waals surface area contributed by atoms with Crippen LogP contribution < -0.4 is 5.73 Å². The van der Waals surface area contributed by atoms with Gasteiger partial charge in [0.1, 0.15) is 0 Å². The van der Waals surface area contributed by atoms with E-state index in [1.54, 1.807) is 12.1 Å². The summed E-state index contributed by atoms with van der Waals surface area (Å²) in [7, 11) is 0. The first-order valence-electron chi connectivity index (χ1n) is 7.15. The van der Waals surface area contributed by atoms with Crippen LogP contribution >= 0.6 is 0 Å². The Morgan fingerprint density at radius 2 is 1.76 bits per heavy atom. The van der Waals surface area contributed by atoms with Crippen LogP contribution in [-0.2, 0) is 19.3 Å². The van der Waals surface area contributed by atoms with Gasteiger partial charge < -0.3 is 5.73 Å².